The third-order valence-corrected chi connectivity index (χ3v) is 5.22. The van der Waals surface area contributed by atoms with E-state index < -0.39 is 11.6 Å². The average Bonchev–Trinajstić information content (AvgIpc) is 3.08. The molecule has 0 radical (unpaired) electrons. The summed E-state index contributed by atoms with van der Waals surface area (Å²) in [7, 11) is 0. The summed E-state index contributed by atoms with van der Waals surface area (Å²) < 4.78 is 19.1. The number of fused-ring (bicyclic) bond motifs is 1. The van der Waals surface area contributed by atoms with Crippen molar-refractivity contribution in [2.75, 3.05) is 5.73 Å². The molecule has 1 amide bonds. The van der Waals surface area contributed by atoms with Gasteiger partial charge in [0.2, 0.25) is 11.7 Å². The first-order valence-corrected chi connectivity index (χ1v) is 9.87. The molecule has 0 aliphatic carbocycles. The Kier molecular flexibility index (Phi) is 5.48. The summed E-state index contributed by atoms with van der Waals surface area (Å²) in [6.07, 6.45) is 0. The number of hydrogen-bond donors (Lipinski definition) is 2. The third kappa shape index (κ3) is 4.15. The Labute approximate surface area is 182 Å². The third-order valence-electron chi connectivity index (χ3n) is 4.91. The number of carbonyl (C=O) groups is 2. The van der Waals surface area contributed by atoms with Gasteiger partial charge >= 0.3 is 0 Å². The number of anilines is 1. The van der Waals surface area contributed by atoms with E-state index in [1.807, 2.05) is 30.3 Å². The van der Waals surface area contributed by atoms with E-state index in [2.05, 4.69) is 5.32 Å². The van der Waals surface area contributed by atoms with Crippen LogP contribution in [0.25, 0.3) is 22.1 Å². The number of carbonyl (C=O) groups excluding carboxylic acids is 2. The molecule has 0 saturated heterocycles. The highest BCUT2D eigenvalue weighted by atomic mass is 35.5. The van der Waals surface area contributed by atoms with Gasteiger partial charge in [0.1, 0.15) is 11.4 Å². The number of benzene rings is 3. The Morgan fingerprint density at radius 2 is 1.84 bits per heavy atom. The van der Waals surface area contributed by atoms with Crippen LogP contribution >= 0.6 is 11.6 Å². The van der Waals surface area contributed by atoms with E-state index >= 15 is 0 Å². The summed E-state index contributed by atoms with van der Waals surface area (Å²) in [6.45, 7) is 1.90. The highest BCUT2D eigenvalue weighted by Gasteiger charge is 2.22. The second-order valence-corrected chi connectivity index (χ2v) is 7.53. The Bertz CT molecular complexity index is 1330. The van der Waals surface area contributed by atoms with Crippen molar-refractivity contribution in [2.45, 2.75) is 13.5 Å². The summed E-state index contributed by atoms with van der Waals surface area (Å²) in [5.41, 5.74) is 9.67. The van der Waals surface area contributed by atoms with Crippen LogP contribution in [0.15, 0.2) is 65.1 Å². The second kappa shape index (κ2) is 8.24. The molecule has 0 bridgehead atoms. The van der Waals surface area contributed by atoms with E-state index in [9.17, 15) is 14.0 Å². The van der Waals surface area contributed by atoms with Crippen molar-refractivity contribution >= 4 is 39.9 Å². The molecule has 5 nitrogen and oxygen atoms in total. The molecular weight excluding hydrogens is 419 g/mol. The number of furan rings is 1. The Hall–Kier alpha value is -3.64. The van der Waals surface area contributed by atoms with Crippen LogP contribution in [-0.4, -0.2) is 11.7 Å². The lowest BCUT2D eigenvalue weighted by Crippen LogP contribution is -2.18. The van der Waals surface area contributed by atoms with Gasteiger partial charge in [-0.1, -0.05) is 35.9 Å². The van der Waals surface area contributed by atoms with Crippen LogP contribution in [0.5, 0.6) is 0 Å². The maximum Gasteiger partial charge on any atom is 0.231 e. The van der Waals surface area contributed by atoms with Crippen molar-refractivity contribution in [3.63, 3.8) is 0 Å². The van der Waals surface area contributed by atoms with Crippen LogP contribution in [0, 0.1) is 5.82 Å². The quantitative estimate of drug-likeness (QED) is 0.413. The minimum atomic E-state index is -0.537. The molecule has 0 fully saturated rings. The van der Waals surface area contributed by atoms with E-state index in [1.54, 1.807) is 12.1 Å². The van der Waals surface area contributed by atoms with Gasteiger partial charge in [-0.25, -0.2) is 4.39 Å². The fourth-order valence-corrected chi connectivity index (χ4v) is 3.60. The van der Waals surface area contributed by atoms with Gasteiger partial charge in [-0.05, 0) is 53.1 Å². The highest BCUT2D eigenvalue weighted by molar-refractivity contribution is 6.35. The standard InChI is InChI=1S/C24H18ClFN2O3/c1-13(29)28-12-14-3-2-4-15(9-14)16-5-7-19-21(10-16)31-24(22(19)27)23(30)18-8-6-17(26)11-20(18)25/h2-11H,12,27H2,1H3,(H,28,29). The van der Waals surface area contributed by atoms with Crippen LogP contribution in [0.3, 0.4) is 0 Å². The minimum Gasteiger partial charge on any atom is -0.450 e. The van der Waals surface area contributed by atoms with Crippen LogP contribution < -0.4 is 11.1 Å². The number of halogens is 2. The Morgan fingerprint density at radius 1 is 1.06 bits per heavy atom. The fraction of sp³-hybridized carbons (Fsp3) is 0.0833. The van der Waals surface area contributed by atoms with E-state index in [4.69, 9.17) is 21.8 Å². The molecular formula is C24H18ClFN2O3. The van der Waals surface area contributed by atoms with Crippen LogP contribution in [0.2, 0.25) is 5.02 Å². The second-order valence-electron chi connectivity index (χ2n) is 7.12. The number of hydrogen-bond acceptors (Lipinski definition) is 4. The molecule has 31 heavy (non-hydrogen) atoms. The predicted molar refractivity (Wildman–Crippen MR) is 118 cm³/mol. The largest absolute Gasteiger partial charge is 0.450 e. The van der Waals surface area contributed by atoms with Gasteiger partial charge in [0.25, 0.3) is 0 Å². The number of nitrogens with two attached hydrogens (primary N) is 1. The SMILES string of the molecule is CC(=O)NCc1cccc(-c2ccc3c(N)c(C(=O)c4ccc(F)cc4Cl)oc3c2)c1. The molecule has 1 heterocycles. The van der Waals surface area contributed by atoms with Gasteiger partial charge < -0.3 is 15.5 Å². The van der Waals surface area contributed by atoms with Gasteiger partial charge in [-0.15, -0.1) is 0 Å². The normalized spacial score (nSPS) is 10.9. The van der Waals surface area contributed by atoms with Crippen LogP contribution in [0.1, 0.15) is 28.6 Å². The molecule has 4 aromatic rings. The predicted octanol–water partition coefficient (Wildman–Crippen LogP) is 5.34. The van der Waals surface area contributed by atoms with Gasteiger partial charge in [0.05, 0.1) is 10.7 Å². The van der Waals surface area contributed by atoms with Crippen molar-refractivity contribution in [2.24, 2.45) is 0 Å². The number of ketones is 1. The molecule has 156 valence electrons. The first kappa shape index (κ1) is 20.6. The Balaban J connectivity index is 1.70. The molecule has 0 spiro atoms. The summed E-state index contributed by atoms with van der Waals surface area (Å²) in [5.74, 6) is -1.20. The summed E-state index contributed by atoms with van der Waals surface area (Å²) in [4.78, 5) is 24.0. The molecule has 4 rings (SSSR count). The zero-order valence-corrected chi connectivity index (χ0v) is 17.3. The topological polar surface area (TPSA) is 85.3 Å². The lowest BCUT2D eigenvalue weighted by molar-refractivity contribution is -0.119. The lowest BCUT2D eigenvalue weighted by Gasteiger charge is -2.06. The van der Waals surface area contributed by atoms with E-state index in [0.717, 1.165) is 28.8 Å². The molecule has 3 N–H and O–H groups in total. The van der Waals surface area contributed by atoms with Gasteiger partial charge in [-0.3, -0.25) is 9.59 Å². The summed E-state index contributed by atoms with van der Waals surface area (Å²) in [6, 6.07) is 16.7. The molecule has 0 unspecified atom stereocenters. The van der Waals surface area contributed by atoms with E-state index in [0.29, 0.717) is 17.5 Å². The van der Waals surface area contributed by atoms with Gasteiger partial charge in [0.15, 0.2) is 5.76 Å². The first-order chi connectivity index (χ1) is 14.8. The van der Waals surface area contributed by atoms with Crippen molar-refractivity contribution in [3.8, 4) is 11.1 Å². The Morgan fingerprint density at radius 3 is 2.58 bits per heavy atom. The maximum atomic E-state index is 13.3. The molecule has 0 aliphatic heterocycles. The van der Waals surface area contributed by atoms with E-state index in [1.165, 1.54) is 13.0 Å². The zero-order valence-electron chi connectivity index (χ0n) is 16.5. The first-order valence-electron chi connectivity index (χ1n) is 9.49. The minimum absolute atomic E-state index is 0.0125. The number of nitrogen functional groups attached to an aromatic ring is 1. The zero-order chi connectivity index (χ0) is 22.1. The summed E-state index contributed by atoms with van der Waals surface area (Å²) in [5, 5.41) is 3.36. The number of amides is 1. The molecule has 0 aliphatic rings. The fourth-order valence-electron chi connectivity index (χ4n) is 3.35. The monoisotopic (exact) mass is 436 g/mol. The molecule has 1 aromatic heterocycles. The van der Waals surface area contributed by atoms with Gasteiger partial charge in [-0.2, -0.15) is 0 Å². The van der Waals surface area contributed by atoms with Crippen molar-refractivity contribution in [3.05, 3.63) is 88.4 Å². The molecule has 3 aromatic carbocycles. The molecule has 0 saturated carbocycles. The summed E-state index contributed by atoms with van der Waals surface area (Å²) >= 11 is 6.02. The number of nitrogens with one attached hydrogen (secondary N) is 1. The number of rotatable bonds is 5. The van der Waals surface area contributed by atoms with Crippen LogP contribution in [0.4, 0.5) is 10.1 Å². The van der Waals surface area contributed by atoms with E-state index in [-0.39, 0.29) is 27.9 Å². The van der Waals surface area contributed by atoms with Crippen molar-refractivity contribution in [1.82, 2.24) is 5.32 Å². The molecule has 0 atom stereocenters. The smallest absolute Gasteiger partial charge is 0.231 e. The van der Waals surface area contributed by atoms with Crippen molar-refractivity contribution < 1.29 is 18.4 Å². The van der Waals surface area contributed by atoms with Gasteiger partial charge in [0, 0.05) is 24.4 Å². The van der Waals surface area contributed by atoms with Crippen LogP contribution in [-0.2, 0) is 11.3 Å². The highest BCUT2D eigenvalue weighted by Crippen LogP contribution is 2.34. The average molecular weight is 437 g/mol. The van der Waals surface area contributed by atoms with Crippen molar-refractivity contribution in [1.29, 1.82) is 0 Å². The maximum absolute atomic E-state index is 13.3. The molecule has 7 heteroatoms. The lowest BCUT2D eigenvalue weighted by atomic mass is 10.0.